The van der Waals surface area contributed by atoms with E-state index in [1.54, 1.807) is 0 Å². The van der Waals surface area contributed by atoms with Gasteiger partial charge in [-0.1, -0.05) is 0 Å². The predicted molar refractivity (Wildman–Crippen MR) is 65.3 cm³/mol. The molecule has 0 aliphatic heterocycles. The molecule has 92 valence electrons. The Labute approximate surface area is 97.7 Å². The van der Waals surface area contributed by atoms with E-state index in [9.17, 15) is 0 Å². The Balaban J connectivity index is 1.78. The van der Waals surface area contributed by atoms with Crippen LogP contribution in [0.15, 0.2) is 18.7 Å². The summed E-state index contributed by atoms with van der Waals surface area (Å²) in [5.74, 6) is 0. The summed E-state index contributed by atoms with van der Waals surface area (Å²) in [6.45, 7) is 3.55. The Morgan fingerprint density at radius 1 is 1.06 bits per heavy atom. The van der Waals surface area contributed by atoms with Crippen molar-refractivity contribution in [3.8, 4) is 0 Å². The second-order valence-electron chi connectivity index (χ2n) is 4.04. The number of nitrogens with one attached hydrogen (secondary N) is 1. The third-order valence-electron chi connectivity index (χ3n) is 2.59. The van der Waals surface area contributed by atoms with Gasteiger partial charge in [-0.3, -0.25) is 0 Å². The lowest BCUT2D eigenvalue weighted by Gasteiger charge is -2.04. The van der Waals surface area contributed by atoms with Gasteiger partial charge >= 0.3 is 0 Å². The van der Waals surface area contributed by atoms with Crippen LogP contribution < -0.4 is 5.32 Å². The maximum absolute atomic E-state index is 8.60. The summed E-state index contributed by atoms with van der Waals surface area (Å²) >= 11 is 0. The van der Waals surface area contributed by atoms with Gasteiger partial charge in [0.1, 0.15) is 0 Å². The van der Waals surface area contributed by atoms with Gasteiger partial charge in [0.15, 0.2) is 0 Å². The highest BCUT2D eigenvalue weighted by molar-refractivity contribution is 4.73. The quantitative estimate of drug-likeness (QED) is 0.592. The summed E-state index contributed by atoms with van der Waals surface area (Å²) in [4.78, 5) is 4.01. The first-order valence-corrected chi connectivity index (χ1v) is 6.21. The predicted octanol–water partition coefficient (Wildman–Crippen LogP) is 1.42. The SMILES string of the molecule is OCCCCCNCCCCn1ccnc1. The Bertz CT molecular complexity index is 236. The lowest BCUT2D eigenvalue weighted by molar-refractivity contribution is 0.283. The van der Waals surface area contributed by atoms with Crippen molar-refractivity contribution in [1.82, 2.24) is 14.9 Å². The molecular weight excluding hydrogens is 202 g/mol. The third-order valence-corrected chi connectivity index (χ3v) is 2.59. The molecule has 4 heteroatoms. The Morgan fingerprint density at radius 2 is 1.88 bits per heavy atom. The topological polar surface area (TPSA) is 50.1 Å². The Hall–Kier alpha value is -0.870. The number of imidazole rings is 1. The number of aryl methyl sites for hydroxylation is 1. The van der Waals surface area contributed by atoms with Crippen molar-refractivity contribution in [3.05, 3.63) is 18.7 Å². The van der Waals surface area contributed by atoms with Crippen LogP contribution in [0.5, 0.6) is 0 Å². The highest BCUT2D eigenvalue weighted by Crippen LogP contribution is 1.95. The van der Waals surface area contributed by atoms with Crippen LogP contribution in [0.2, 0.25) is 0 Å². The van der Waals surface area contributed by atoms with Gasteiger partial charge in [-0.05, 0) is 45.2 Å². The molecule has 0 aliphatic rings. The number of rotatable bonds is 10. The zero-order chi connectivity index (χ0) is 11.5. The number of aliphatic hydroxyl groups is 1. The summed E-state index contributed by atoms with van der Waals surface area (Å²) in [7, 11) is 0. The molecule has 0 fully saturated rings. The van der Waals surface area contributed by atoms with Crippen molar-refractivity contribution in [2.75, 3.05) is 19.7 Å². The van der Waals surface area contributed by atoms with Crippen LogP contribution in [0.1, 0.15) is 32.1 Å². The summed E-state index contributed by atoms with van der Waals surface area (Å²) in [6, 6.07) is 0. The molecule has 0 aromatic carbocycles. The maximum atomic E-state index is 8.60. The number of aromatic nitrogens is 2. The molecule has 1 aromatic rings. The first-order valence-electron chi connectivity index (χ1n) is 6.21. The molecule has 1 aromatic heterocycles. The second-order valence-corrected chi connectivity index (χ2v) is 4.04. The Morgan fingerprint density at radius 3 is 2.56 bits per heavy atom. The number of hydrogen-bond donors (Lipinski definition) is 2. The van der Waals surface area contributed by atoms with Gasteiger partial charge < -0.3 is 15.0 Å². The molecule has 0 aliphatic carbocycles. The summed E-state index contributed by atoms with van der Waals surface area (Å²) in [5, 5.41) is 12.0. The molecule has 1 rings (SSSR count). The molecule has 0 atom stereocenters. The normalized spacial score (nSPS) is 10.8. The van der Waals surface area contributed by atoms with E-state index >= 15 is 0 Å². The smallest absolute Gasteiger partial charge is 0.0945 e. The van der Waals surface area contributed by atoms with Crippen molar-refractivity contribution in [2.24, 2.45) is 0 Å². The largest absolute Gasteiger partial charge is 0.396 e. The number of unbranched alkanes of at least 4 members (excludes halogenated alkanes) is 3. The van der Waals surface area contributed by atoms with Gasteiger partial charge in [-0.25, -0.2) is 4.98 Å². The number of hydrogen-bond acceptors (Lipinski definition) is 3. The van der Waals surface area contributed by atoms with E-state index in [-0.39, 0.29) is 0 Å². The van der Waals surface area contributed by atoms with Crippen molar-refractivity contribution in [2.45, 2.75) is 38.6 Å². The zero-order valence-corrected chi connectivity index (χ0v) is 9.94. The monoisotopic (exact) mass is 225 g/mol. The first kappa shape index (κ1) is 13.2. The van der Waals surface area contributed by atoms with Gasteiger partial charge in [0, 0.05) is 25.5 Å². The van der Waals surface area contributed by atoms with E-state index in [0.717, 1.165) is 32.5 Å². The van der Waals surface area contributed by atoms with Gasteiger partial charge in [0.25, 0.3) is 0 Å². The van der Waals surface area contributed by atoms with Crippen LogP contribution in [0, 0.1) is 0 Å². The average molecular weight is 225 g/mol. The fraction of sp³-hybridized carbons (Fsp3) is 0.750. The van der Waals surface area contributed by atoms with Crippen molar-refractivity contribution < 1.29 is 5.11 Å². The van der Waals surface area contributed by atoms with E-state index in [0.29, 0.717) is 6.61 Å². The molecule has 0 saturated carbocycles. The minimum absolute atomic E-state index is 0.324. The molecule has 0 bridgehead atoms. The van der Waals surface area contributed by atoms with Crippen molar-refractivity contribution in [1.29, 1.82) is 0 Å². The minimum Gasteiger partial charge on any atom is -0.396 e. The minimum atomic E-state index is 0.324. The van der Waals surface area contributed by atoms with E-state index in [4.69, 9.17) is 5.11 Å². The molecule has 16 heavy (non-hydrogen) atoms. The van der Waals surface area contributed by atoms with E-state index in [2.05, 4.69) is 14.9 Å². The van der Waals surface area contributed by atoms with Crippen LogP contribution >= 0.6 is 0 Å². The fourth-order valence-electron chi connectivity index (χ4n) is 1.63. The molecular formula is C12H23N3O. The number of nitrogens with zero attached hydrogens (tertiary/aromatic N) is 2. The van der Waals surface area contributed by atoms with Gasteiger partial charge in [-0.2, -0.15) is 0 Å². The van der Waals surface area contributed by atoms with Crippen molar-refractivity contribution in [3.63, 3.8) is 0 Å². The van der Waals surface area contributed by atoms with E-state index in [1.165, 1.54) is 19.3 Å². The lowest BCUT2D eigenvalue weighted by Crippen LogP contribution is -2.17. The van der Waals surface area contributed by atoms with Crippen LogP contribution in [0.3, 0.4) is 0 Å². The molecule has 4 nitrogen and oxygen atoms in total. The molecule has 0 unspecified atom stereocenters. The van der Waals surface area contributed by atoms with Crippen LogP contribution in [0.4, 0.5) is 0 Å². The zero-order valence-electron chi connectivity index (χ0n) is 9.94. The standard InChI is InChI=1S/C12H23N3O/c16-11-5-1-2-6-13-7-3-4-9-15-10-8-14-12-15/h8,10,12-13,16H,1-7,9,11H2. The molecule has 0 spiro atoms. The number of aliphatic hydroxyl groups excluding tert-OH is 1. The summed E-state index contributed by atoms with van der Waals surface area (Å²) in [5.41, 5.74) is 0. The van der Waals surface area contributed by atoms with Crippen LogP contribution in [-0.4, -0.2) is 34.4 Å². The van der Waals surface area contributed by atoms with Crippen LogP contribution in [0.25, 0.3) is 0 Å². The molecule has 0 amide bonds. The Kier molecular flexibility index (Phi) is 7.72. The fourth-order valence-corrected chi connectivity index (χ4v) is 1.63. The van der Waals surface area contributed by atoms with Gasteiger partial charge in [0.2, 0.25) is 0 Å². The van der Waals surface area contributed by atoms with Crippen molar-refractivity contribution >= 4 is 0 Å². The molecule has 0 radical (unpaired) electrons. The highest BCUT2D eigenvalue weighted by atomic mass is 16.2. The highest BCUT2D eigenvalue weighted by Gasteiger charge is 1.92. The van der Waals surface area contributed by atoms with Gasteiger partial charge in [0.05, 0.1) is 6.33 Å². The molecule has 1 heterocycles. The molecule has 2 N–H and O–H groups in total. The maximum Gasteiger partial charge on any atom is 0.0945 e. The van der Waals surface area contributed by atoms with Crippen LogP contribution in [-0.2, 0) is 6.54 Å². The first-order chi connectivity index (χ1) is 7.93. The van der Waals surface area contributed by atoms with E-state index < -0.39 is 0 Å². The second kappa shape index (κ2) is 9.36. The summed E-state index contributed by atoms with van der Waals surface area (Å²) in [6.07, 6.45) is 11.3. The lowest BCUT2D eigenvalue weighted by atomic mass is 10.2. The van der Waals surface area contributed by atoms with Gasteiger partial charge in [-0.15, -0.1) is 0 Å². The summed E-state index contributed by atoms with van der Waals surface area (Å²) < 4.78 is 2.11. The van der Waals surface area contributed by atoms with E-state index in [1.807, 2.05) is 18.7 Å². The molecule has 0 saturated heterocycles. The average Bonchev–Trinajstić information content (AvgIpc) is 2.80. The third kappa shape index (κ3) is 6.58.